The molecule has 0 aliphatic heterocycles. The molecule has 0 aromatic heterocycles. The van der Waals surface area contributed by atoms with Gasteiger partial charge in [0.25, 0.3) is 5.91 Å². The molecule has 0 aliphatic carbocycles. The standard InChI is InChI=1S/C18H22N2O2/c1-15(18(21)19-16-9-5-3-6-10-16)20(2)13-14-22-17-11-7-4-8-12-17/h3-12,15H,13-14H2,1-2H3,(H,19,21)/p+1/t15-/m1/s1. The number of hydrogen-bond acceptors (Lipinski definition) is 2. The molecule has 4 heteroatoms. The molecule has 2 aromatic rings. The summed E-state index contributed by atoms with van der Waals surface area (Å²) in [6.07, 6.45) is 0. The molecule has 0 saturated heterocycles. The highest BCUT2D eigenvalue weighted by Crippen LogP contribution is 2.07. The van der Waals surface area contributed by atoms with Crippen molar-refractivity contribution < 1.29 is 14.4 Å². The van der Waals surface area contributed by atoms with Gasteiger partial charge in [0.15, 0.2) is 6.04 Å². The Morgan fingerprint density at radius 1 is 1.09 bits per heavy atom. The van der Waals surface area contributed by atoms with E-state index in [-0.39, 0.29) is 11.9 Å². The number of rotatable bonds is 7. The molecule has 1 amide bonds. The zero-order valence-electron chi connectivity index (χ0n) is 13.1. The van der Waals surface area contributed by atoms with Crippen molar-refractivity contribution in [3.63, 3.8) is 0 Å². The summed E-state index contributed by atoms with van der Waals surface area (Å²) in [5, 5.41) is 2.93. The van der Waals surface area contributed by atoms with Crippen molar-refractivity contribution in [3.8, 4) is 5.75 Å². The Bertz CT molecular complexity index is 572. The molecule has 2 rings (SSSR count). The zero-order chi connectivity index (χ0) is 15.8. The monoisotopic (exact) mass is 299 g/mol. The number of amides is 1. The lowest BCUT2D eigenvalue weighted by Crippen LogP contribution is -3.14. The molecular weight excluding hydrogens is 276 g/mol. The van der Waals surface area contributed by atoms with Crippen molar-refractivity contribution >= 4 is 11.6 Å². The van der Waals surface area contributed by atoms with Gasteiger partial charge >= 0.3 is 0 Å². The van der Waals surface area contributed by atoms with Crippen LogP contribution in [-0.2, 0) is 4.79 Å². The third kappa shape index (κ3) is 4.90. The first-order valence-electron chi connectivity index (χ1n) is 7.53. The van der Waals surface area contributed by atoms with Crippen molar-refractivity contribution in [2.24, 2.45) is 0 Å². The maximum atomic E-state index is 12.2. The molecule has 4 nitrogen and oxygen atoms in total. The Morgan fingerprint density at radius 2 is 1.68 bits per heavy atom. The third-order valence-electron chi connectivity index (χ3n) is 3.68. The smallest absolute Gasteiger partial charge is 0.282 e. The summed E-state index contributed by atoms with van der Waals surface area (Å²) in [7, 11) is 2.00. The molecule has 2 atom stereocenters. The number of ether oxygens (including phenoxy) is 1. The molecule has 116 valence electrons. The molecule has 0 bridgehead atoms. The number of carbonyl (C=O) groups is 1. The summed E-state index contributed by atoms with van der Waals surface area (Å²) in [5.74, 6) is 0.875. The van der Waals surface area contributed by atoms with Gasteiger partial charge in [-0.3, -0.25) is 4.79 Å². The van der Waals surface area contributed by atoms with Crippen molar-refractivity contribution in [3.05, 3.63) is 60.7 Å². The van der Waals surface area contributed by atoms with Crippen molar-refractivity contribution in [2.75, 3.05) is 25.5 Å². The molecule has 0 saturated carbocycles. The van der Waals surface area contributed by atoms with Crippen LogP contribution in [0.4, 0.5) is 5.69 Å². The van der Waals surface area contributed by atoms with E-state index in [4.69, 9.17) is 4.74 Å². The molecule has 2 N–H and O–H groups in total. The van der Waals surface area contributed by atoms with Crippen LogP contribution in [0.1, 0.15) is 6.92 Å². The Labute approximate surface area is 131 Å². The zero-order valence-corrected chi connectivity index (χ0v) is 13.1. The summed E-state index contributed by atoms with van der Waals surface area (Å²) < 4.78 is 5.67. The van der Waals surface area contributed by atoms with Gasteiger partial charge in [0.2, 0.25) is 0 Å². The fraction of sp³-hybridized carbons (Fsp3) is 0.278. The van der Waals surface area contributed by atoms with Crippen molar-refractivity contribution in [1.29, 1.82) is 0 Å². The lowest BCUT2D eigenvalue weighted by Gasteiger charge is -2.21. The summed E-state index contributed by atoms with van der Waals surface area (Å²) in [6.45, 7) is 3.27. The predicted octanol–water partition coefficient (Wildman–Crippen LogP) is 1.61. The summed E-state index contributed by atoms with van der Waals surface area (Å²) in [4.78, 5) is 13.3. The minimum Gasteiger partial charge on any atom is -0.488 e. The lowest BCUT2D eigenvalue weighted by atomic mass is 10.2. The Balaban J connectivity index is 1.76. The van der Waals surface area contributed by atoms with Crippen LogP contribution in [0.5, 0.6) is 5.75 Å². The van der Waals surface area contributed by atoms with Crippen LogP contribution in [0.2, 0.25) is 0 Å². The number of quaternary nitrogens is 1. The van der Waals surface area contributed by atoms with Gasteiger partial charge in [0.1, 0.15) is 18.9 Å². The Kier molecular flexibility index (Phi) is 5.98. The van der Waals surface area contributed by atoms with Gasteiger partial charge in [0.05, 0.1) is 7.05 Å². The van der Waals surface area contributed by atoms with E-state index < -0.39 is 0 Å². The van der Waals surface area contributed by atoms with E-state index >= 15 is 0 Å². The average Bonchev–Trinajstić information content (AvgIpc) is 2.56. The van der Waals surface area contributed by atoms with E-state index in [1.54, 1.807) is 0 Å². The van der Waals surface area contributed by atoms with Gasteiger partial charge in [0, 0.05) is 5.69 Å². The van der Waals surface area contributed by atoms with Crippen LogP contribution < -0.4 is 15.0 Å². The largest absolute Gasteiger partial charge is 0.488 e. The SMILES string of the molecule is C[C@H](C(=O)Nc1ccccc1)[NH+](C)CCOc1ccccc1. The van der Waals surface area contributed by atoms with E-state index in [1.165, 1.54) is 0 Å². The molecule has 0 spiro atoms. The number of hydrogen-bond donors (Lipinski definition) is 2. The van der Waals surface area contributed by atoms with Gasteiger partial charge in [-0.2, -0.15) is 0 Å². The van der Waals surface area contributed by atoms with Crippen LogP contribution in [-0.4, -0.2) is 32.1 Å². The summed E-state index contributed by atoms with van der Waals surface area (Å²) in [5.41, 5.74) is 0.827. The topological polar surface area (TPSA) is 42.8 Å². The van der Waals surface area contributed by atoms with Gasteiger partial charge in [-0.1, -0.05) is 36.4 Å². The maximum absolute atomic E-state index is 12.2. The Hall–Kier alpha value is -2.33. The predicted molar refractivity (Wildman–Crippen MR) is 88.2 cm³/mol. The highest BCUT2D eigenvalue weighted by Gasteiger charge is 2.21. The first kappa shape index (κ1) is 16.0. The molecule has 0 fully saturated rings. The normalized spacial score (nSPS) is 13.2. The van der Waals surface area contributed by atoms with Crippen LogP contribution in [0, 0.1) is 0 Å². The number of para-hydroxylation sites is 2. The molecule has 0 aliphatic rings. The highest BCUT2D eigenvalue weighted by atomic mass is 16.5. The third-order valence-corrected chi connectivity index (χ3v) is 3.68. The molecular formula is C18H23N2O2+. The van der Waals surface area contributed by atoms with Gasteiger partial charge in [-0.25, -0.2) is 0 Å². The summed E-state index contributed by atoms with van der Waals surface area (Å²) >= 11 is 0. The molecule has 0 radical (unpaired) electrons. The second-order valence-corrected chi connectivity index (χ2v) is 5.33. The fourth-order valence-corrected chi connectivity index (χ4v) is 2.06. The van der Waals surface area contributed by atoms with E-state index in [0.29, 0.717) is 6.61 Å². The maximum Gasteiger partial charge on any atom is 0.282 e. The van der Waals surface area contributed by atoms with Gasteiger partial charge in [-0.05, 0) is 31.2 Å². The van der Waals surface area contributed by atoms with E-state index in [9.17, 15) is 4.79 Å². The van der Waals surface area contributed by atoms with Gasteiger partial charge < -0.3 is 15.0 Å². The number of nitrogens with one attached hydrogen (secondary N) is 2. The number of anilines is 1. The van der Waals surface area contributed by atoms with E-state index in [0.717, 1.165) is 22.9 Å². The van der Waals surface area contributed by atoms with E-state index in [1.807, 2.05) is 74.6 Å². The number of carbonyl (C=O) groups excluding carboxylic acids is 1. The van der Waals surface area contributed by atoms with E-state index in [2.05, 4.69) is 5.32 Å². The average molecular weight is 299 g/mol. The molecule has 2 aromatic carbocycles. The van der Waals surface area contributed by atoms with Crippen LogP contribution in [0.25, 0.3) is 0 Å². The quantitative estimate of drug-likeness (QED) is 0.815. The minimum atomic E-state index is -0.139. The second-order valence-electron chi connectivity index (χ2n) is 5.33. The highest BCUT2D eigenvalue weighted by molar-refractivity contribution is 5.93. The van der Waals surface area contributed by atoms with Gasteiger partial charge in [-0.15, -0.1) is 0 Å². The summed E-state index contributed by atoms with van der Waals surface area (Å²) in [6, 6.07) is 19.1. The molecule has 1 unspecified atom stereocenters. The fourth-order valence-electron chi connectivity index (χ4n) is 2.06. The second kappa shape index (κ2) is 8.20. The minimum absolute atomic E-state index is 0.0170. The van der Waals surface area contributed by atoms with Crippen molar-refractivity contribution in [2.45, 2.75) is 13.0 Å². The van der Waals surface area contributed by atoms with Crippen molar-refractivity contribution in [1.82, 2.24) is 0 Å². The van der Waals surface area contributed by atoms with Crippen LogP contribution in [0.15, 0.2) is 60.7 Å². The molecule has 22 heavy (non-hydrogen) atoms. The first-order chi connectivity index (χ1) is 10.7. The number of likely N-dealkylation sites (N-methyl/N-ethyl adjacent to an activating group) is 1. The van der Waals surface area contributed by atoms with Crippen LogP contribution in [0.3, 0.4) is 0 Å². The lowest BCUT2D eigenvalue weighted by molar-refractivity contribution is -0.894. The number of benzene rings is 2. The first-order valence-corrected chi connectivity index (χ1v) is 7.53. The molecule has 0 heterocycles. The van der Waals surface area contributed by atoms with Crippen LogP contribution >= 0.6 is 0 Å². The Morgan fingerprint density at radius 3 is 2.32 bits per heavy atom.